The first kappa shape index (κ1) is 21.5. The number of carbonyl (C=O) groups excluding carboxylic acids is 1. The molecule has 5 rings (SSSR count). The molecule has 5 heteroatoms. The summed E-state index contributed by atoms with van der Waals surface area (Å²) in [4.78, 5) is 19.1. The molecule has 0 spiro atoms. The van der Waals surface area contributed by atoms with E-state index in [4.69, 9.17) is 4.74 Å². The molecule has 0 bridgehead atoms. The van der Waals surface area contributed by atoms with Crippen LogP contribution in [0, 0.1) is 6.92 Å². The molecule has 2 aromatic rings. The summed E-state index contributed by atoms with van der Waals surface area (Å²) in [5.74, 6) is 1.93. The number of rotatable bonds is 4. The fraction of sp³-hybridized carbons (Fsp3) is 0.357. The first-order valence-electron chi connectivity index (χ1n) is 11.9. The van der Waals surface area contributed by atoms with E-state index in [0.29, 0.717) is 11.8 Å². The van der Waals surface area contributed by atoms with Gasteiger partial charge in [0, 0.05) is 31.6 Å². The average molecular weight is 442 g/mol. The van der Waals surface area contributed by atoms with Crippen LogP contribution in [0.3, 0.4) is 0 Å². The zero-order valence-corrected chi connectivity index (χ0v) is 19.2. The third-order valence-electron chi connectivity index (χ3n) is 6.57. The van der Waals surface area contributed by atoms with E-state index in [1.54, 1.807) is 0 Å². The second-order valence-corrected chi connectivity index (χ2v) is 9.18. The highest BCUT2D eigenvalue weighted by atomic mass is 16.5. The van der Waals surface area contributed by atoms with Gasteiger partial charge in [-0.1, -0.05) is 59.7 Å². The Morgan fingerprint density at radius 1 is 1.15 bits per heavy atom. The normalized spacial score (nSPS) is 21.9. The van der Waals surface area contributed by atoms with E-state index in [0.717, 1.165) is 56.6 Å². The van der Waals surface area contributed by atoms with Crippen molar-refractivity contribution in [1.29, 1.82) is 0 Å². The number of hydrogen-bond donors (Lipinski definition) is 1. The number of hydrogen-bond acceptors (Lipinski definition) is 3. The number of nitrogens with one attached hydrogen (secondary N) is 1. The van der Waals surface area contributed by atoms with E-state index in [9.17, 15) is 4.79 Å². The van der Waals surface area contributed by atoms with Gasteiger partial charge in [0.15, 0.2) is 0 Å². The maximum absolute atomic E-state index is 12.7. The van der Waals surface area contributed by atoms with Gasteiger partial charge in [-0.05, 0) is 61.9 Å². The molecule has 1 saturated heterocycles. The van der Waals surface area contributed by atoms with Gasteiger partial charge in [-0.2, -0.15) is 0 Å². The van der Waals surface area contributed by atoms with Crippen molar-refractivity contribution in [3.05, 3.63) is 82.9 Å². The van der Waals surface area contributed by atoms with Crippen molar-refractivity contribution >= 4 is 18.0 Å². The van der Waals surface area contributed by atoms with Crippen LogP contribution in [0.4, 0.5) is 4.79 Å². The van der Waals surface area contributed by atoms with Crippen LogP contribution in [0.25, 0.3) is 6.08 Å². The Kier molecular flexibility index (Phi) is 6.29. The minimum atomic E-state index is 0.0744. The lowest BCUT2D eigenvalue weighted by Gasteiger charge is -2.28. The molecular weight excluding hydrogens is 410 g/mol. The lowest BCUT2D eigenvalue weighted by Crippen LogP contribution is -2.44. The number of piperidine rings is 1. The monoisotopic (exact) mass is 441 g/mol. The highest BCUT2D eigenvalue weighted by Crippen LogP contribution is 2.41. The molecule has 2 aliphatic heterocycles. The van der Waals surface area contributed by atoms with Gasteiger partial charge in [0.2, 0.25) is 5.90 Å². The number of dihydropyridines is 1. The molecular formula is C28H31N3O2. The lowest BCUT2D eigenvalue weighted by atomic mass is 10.0. The second kappa shape index (κ2) is 9.65. The lowest BCUT2D eigenvalue weighted by molar-refractivity contribution is 0.193. The van der Waals surface area contributed by atoms with Crippen LogP contribution in [0.1, 0.15) is 48.3 Å². The predicted molar refractivity (Wildman–Crippen MR) is 133 cm³/mol. The summed E-state index contributed by atoms with van der Waals surface area (Å²) in [5, 5.41) is 3.23. The van der Waals surface area contributed by atoms with Crippen LogP contribution in [0.5, 0.6) is 5.75 Å². The highest BCUT2D eigenvalue weighted by molar-refractivity contribution is 5.90. The minimum absolute atomic E-state index is 0.0744. The second-order valence-electron chi connectivity index (χ2n) is 9.18. The first-order chi connectivity index (χ1) is 16.1. The number of amides is 2. The Labute approximate surface area is 195 Å². The van der Waals surface area contributed by atoms with Gasteiger partial charge in [0.25, 0.3) is 0 Å². The van der Waals surface area contributed by atoms with Crippen LogP contribution in [-0.2, 0) is 0 Å². The Balaban J connectivity index is 1.12. The quantitative estimate of drug-likeness (QED) is 0.683. The van der Waals surface area contributed by atoms with E-state index in [1.165, 1.54) is 16.7 Å². The maximum atomic E-state index is 12.7. The molecule has 2 aromatic carbocycles. The van der Waals surface area contributed by atoms with Crippen LogP contribution < -0.4 is 10.1 Å². The maximum Gasteiger partial charge on any atom is 0.317 e. The summed E-state index contributed by atoms with van der Waals surface area (Å²) in [7, 11) is 0. The fourth-order valence-corrected chi connectivity index (χ4v) is 4.50. The third kappa shape index (κ3) is 5.54. The third-order valence-corrected chi connectivity index (χ3v) is 6.57. The first-order valence-corrected chi connectivity index (χ1v) is 11.9. The van der Waals surface area contributed by atoms with Gasteiger partial charge in [0.1, 0.15) is 5.75 Å². The summed E-state index contributed by atoms with van der Waals surface area (Å²) in [5.41, 5.74) is 5.09. The highest BCUT2D eigenvalue weighted by Gasteiger charge is 2.40. The van der Waals surface area contributed by atoms with Crippen LogP contribution in [0.15, 0.2) is 71.2 Å². The number of aliphatic imine (C=N–C) groups is 1. The van der Waals surface area contributed by atoms with Crippen molar-refractivity contribution in [2.75, 3.05) is 19.6 Å². The molecule has 0 aromatic heterocycles. The molecule has 2 atom stereocenters. The predicted octanol–water partition coefficient (Wildman–Crippen LogP) is 5.48. The minimum Gasteiger partial charge on any atom is -0.439 e. The van der Waals surface area contributed by atoms with Gasteiger partial charge in [-0.3, -0.25) is 4.99 Å². The number of urea groups is 1. The Hall–Kier alpha value is -3.34. The fourth-order valence-electron chi connectivity index (χ4n) is 4.50. The van der Waals surface area contributed by atoms with E-state index in [2.05, 4.69) is 65.8 Å². The van der Waals surface area contributed by atoms with Gasteiger partial charge < -0.3 is 15.0 Å². The number of nitrogens with zero attached hydrogens (tertiary/aromatic N) is 2. The summed E-state index contributed by atoms with van der Waals surface area (Å²) >= 11 is 0. The van der Waals surface area contributed by atoms with E-state index in [-0.39, 0.29) is 12.1 Å². The molecule has 2 fully saturated rings. The van der Waals surface area contributed by atoms with Crippen molar-refractivity contribution in [3.63, 3.8) is 0 Å². The number of aryl methyl sites for hydroxylation is 1. The zero-order chi connectivity index (χ0) is 22.6. The molecule has 1 N–H and O–H groups in total. The van der Waals surface area contributed by atoms with Crippen molar-refractivity contribution < 1.29 is 9.53 Å². The number of carbonyl (C=O) groups is 1. The van der Waals surface area contributed by atoms with E-state index in [1.807, 2.05) is 23.1 Å². The molecule has 1 aliphatic carbocycles. The molecule has 3 aliphatic rings. The summed E-state index contributed by atoms with van der Waals surface area (Å²) < 4.78 is 5.90. The van der Waals surface area contributed by atoms with Crippen molar-refractivity contribution in [1.82, 2.24) is 10.2 Å². The molecule has 2 unspecified atom stereocenters. The average Bonchev–Trinajstić information content (AvgIpc) is 3.60. The Bertz CT molecular complexity index is 1090. The largest absolute Gasteiger partial charge is 0.439 e. The van der Waals surface area contributed by atoms with E-state index < -0.39 is 0 Å². The molecule has 33 heavy (non-hydrogen) atoms. The Morgan fingerprint density at radius 2 is 1.97 bits per heavy atom. The van der Waals surface area contributed by atoms with Gasteiger partial charge in [0.05, 0.1) is 0 Å². The van der Waals surface area contributed by atoms with Crippen molar-refractivity contribution in [2.24, 2.45) is 4.99 Å². The van der Waals surface area contributed by atoms with Gasteiger partial charge in [-0.25, -0.2) is 4.79 Å². The van der Waals surface area contributed by atoms with E-state index >= 15 is 0 Å². The van der Waals surface area contributed by atoms with Crippen molar-refractivity contribution in [3.8, 4) is 5.75 Å². The summed E-state index contributed by atoms with van der Waals surface area (Å²) in [6, 6.07) is 17.1. The van der Waals surface area contributed by atoms with Gasteiger partial charge >= 0.3 is 6.03 Å². The van der Waals surface area contributed by atoms with Crippen LogP contribution >= 0.6 is 0 Å². The SMILES string of the molecule is Cc1ccc(C2CC2NC(=O)N2CCC(=Cc3cccc(OC4=NCCC=C4)c3)CC2)cc1. The molecule has 2 amide bonds. The topological polar surface area (TPSA) is 53.9 Å². The zero-order valence-electron chi connectivity index (χ0n) is 19.2. The standard InChI is InChI=1S/C28H31N3O2/c1-20-8-10-23(11-9-20)25-19-26(25)30-28(32)31-15-12-21(13-16-31)17-22-5-4-6-24(18-22)33-27-7-2-3-14-29-27/h2,4-11,17-18,25-26H,3,12-16,19H2,1H3,(H,30,32). The molecule has 0 radical (unpaired) electrons. The summed E-state index contributed by atoms with van der Waals surface area (Å²) in [6.45, 7) is 4.41. The Morgan fingerprint density at radius 3 is 2.73 bits per heavy atom. The smallest absolute Gasteiger partial charge is 0.317 e. The number of benzene rings is 2. The van der Waals surface area contributed by atoms with Gasteiger partial charge in [-0.15, -0.1) is 0 Å². The van der Waals surface area contributed by atoms with Crippen LogP contribution in [0.2, 0.25) is 0 Å². The summed E-state index contributed by atoms with van der Waals surface area (Å²) in [6.07, 6.45) is 10.1. The number of likely N-dealkylation sites (tertiary alicyclic amines) is 1. The molecule has 1 saturated carbocycles. The molecule has 170 valence electrons. The number of ether oxygens (including phenoxy) is 1. The molecule has 2 heterocycles. The van der Waals surface area contributed by atoms with Crippen LogP contribution in [-0.4, -0.2) is 42.5 Å². The van der Waals surface area contributed by atoms with Crippen molar-refractivity contribution in [2.45, 2.75) is 44.6 Å². The molecule has 5 nitrogen and oxygen atoms in total.